The molecule has 0 aromatic heterocycles. The summed E-state index contributed by atoms with van der Waals surface area (Å²) in [5, 5.41) is 8.55. The Morgan fingerprint density at radius 3 is 2.77 bits per heavy atom. The van der Waals surface area contributed by atoms with Gasteiger partial charge in [-0.05, 0) is 40.3 Å². The fraction of sp³-hybridized carbons (Fsp3) is 0.222. The molecule has 0 saturated heterocycles. The first-order valence-corrected chi connectivity index (χ1v) is 4.75. The van der Waals surface area contributed by atoms with Crippen molar-refractivity contribution >= 4 is 28.6 Å². The first-order valence-electron chi connectivity index (χ1n) is 3.67. The zero-order valence-electron chi connectivity index (χ0n) is 7.08. The lowest BCUT2D eigenvalue weighted by Gasteiger charge is -2.04. The highest BCUT2D eigenvalue weighted by Gasteiger charge is 2.04. The Bertz CT molecular complexity index is 323. The molecule has 1 aromatic rings. The van der Waals surface area contributed by atoms with Crippen LogP contribution in [0.1, 0.15) is 5.56 Å². The van der Waals surface area contributed by atoms with Gasteiger partial charge in [0.2, 0.25) is 0 Å². The van der Waals surface area contributed by atoms with Crippen LogP contribution in [0.15, 0.2) is 18.2 Å². The summed E-state index contributed by atoms with van der Waals surface area (Å²) in [5.41, 5.74) is 0.790. The molecule has 0 heterocycles. The molecule has 0 spiro atoms. The van der Waals surface area contributed by atoms with Crippen molar-refractivity contribution in [2.45, 2.75) is 6.42 Å². The summed E-state index contributed by atoms with van der Waals surface area (Å²) in [7, 11) is 1.59. The minimum absolute atomic E-state index is 0.0556. The van der Waals surface area contributed by atoms with Crippen LogP contribution in [0.25, 0.3) is 0 Å². The van der Waals surface area contributed by atoms with Crippen molar-refractivity contribution in [3.05, 3.63) is 27.3 Å². The monoisotopic (exact) mass is 292 g/mol. The van der Waals surface area contributed by atoms with Gasteiger partial charge in [0.25, 0.3) is 0 Å². The highest BCUT2D eigenvalue weighted by molar-refractivity contribution is 14.1. The lowest BCUT2D eigenvalue weighted by Crippen LogP contribution is -2.00. The average molecular weight is 292 g/mol. The zero-order valence-corrected chi connectivity index (χ0v) is 9.24. The Labute approximate surface area is 89.9 Å². The van der Waals surface area contributed by atoms with E-state index in [1.807, 2.05) is 6.07 Å². The predicted molar refractivity (Wildman–Crippen MR) is 57.1 cm³/mol. The molecule has 0 atom stereocenters. The van der Waals surface area contributed by atoms with E-state index in [0.717, 1.165) is 14.9 Å². The number of ether oxygens (including phenoxy) is 1. The van der Waals surface area contributed by atoms with Crippen LogP contribution in [0.4, 0.5) is 0 Å². The Morgan fingerprint density at radius 2 is 2.31 bits per heavy atom. The topological polar surface area (TPSA) is 46.5 Å². The van der Waals surface area contributed by atoms with Gasteiger partial charge in [-0.2, -0.15) is 0 Å². The summed E-state index contributed by atoms with van der Waals surface area (Å²) < 4.78 is 5.98. The van der Waals surface area contributed by atoms with Gasteiger partial charge in [0.05, 0.1) is 17.1 Å². The number of carboxylic acids is 1. The van der Waals surface area contributed by atoms with Crippen LogP contribution >= 0.6 is 22.6 Å². The van der Waals surface area contributed by atoms with E-state index in [4.69, 9.17) is 9.84 Å². The number of hydrogen-bond acceptors (Lipinski definition) is 2. The Morgan fingerprint density at radius 1 is 1.62 bits per heavy atom. The first-order chi connectivity index (χ1) is 6.13. The fourth-order valence-electron chi connectivity index (χ4n) is 0.994. The molecule has 70 valence electrons. The van der Waals surface area contributed by atoms with Crippen LogP contribution in [0.2, 0.25) is 0 Å². The van der Waals surface area contributed by atoms with Crippen LogP contribution in [0.5, 0.6) is 5.75 Å². The summed E-state index contributed by atoms with van der Waals surface area (Å²) in [6.07, 6.45) is 0.0556. The summed E-state index contributed by atoms with van der Waals surface area (Å²) in [5.74, 6) is -0.0456. The number of carboxylic acid groups (broad SMARTS) is 1. The van der Waals surface area contributed by atoms with Crippen molar-refractivity contribution in [3.8, 4) is 5.75 Å². The lowest BCUT2D eigenvalue weighted by molar-refractivity contribution is -0.136. The second kappa shape index (κ2) is 4.45. The van der Waals surface area contributed by atoms with Gasteiger partial charge in [0.1, 0.15) is 5.75 Å². The average Bonchev–Trinajstić information content (AvgIpc) is 2.03. The quantitative estimate of drug-likeness (QED) is 0.866. The number of hydrogen-bond donors (Lipinski definition) is 1. The fourth-order valence-corrected chi connectivity index (χ4v) is 1.79. The van der Waals surface area contributed by atoms with E-state index in [0.29, 0.717) is 0 Å². The molecule has 1 N–H and O–H groups in total. The molecule has 1 aromatic carbocycles. The number of carbonyl (C=O) groups is 1. The van der Waals surface area contributed by atoms with Gasteiger partial charge in [-0.25, -0.2) is 0 Å². The van der Waals surface area contributed by atoms with Gasteiger partial charge >= 0.3 is 5.97 Å². The molecule has 0 aliphatic heterocycles. The van der Waals surface area contributed by atoms with E-state index in [2.05, 4.69) is 22.6 Å². The van der Waals surface area contributed by atoms with Crippen LogP contribution in [0.3, 0.4) is 0 Å². The number of benzene rings is 1. The third-order valence-electron chi connectivity index (χ3n) is 1.57. The summed E-state index contributed by atoms with van der Waals surface area (Å²) in [4.78, 5) is 10.4. The molecule has 0 unspecified atom stereocenters. The largest absolute Gasteiger partial charge is 0.496 e. The summed E-state index contributed by atoms with van der Waals surface area (Å²) in [6, 6.07) is 5.35. The molecule has 0 amide bonds. The van der Waals surface area contributed by atoms with Crippen LogP contribution in [0, 0.1) is 3.57 Å². The zero-order chi connectivity index (χ0) is 9.84. The van der Waals surface area contributed by atoms with Crippen molar-refractivity contribution in [1.29, 1.82) is 0 Å². The minimum atomic E-state index is -0.819. The van der Waals surface area contributed by atoms with Crippen molar-refractivity contribution in [2.24, 2.45) is 0 Å². The van der Waals surface area contributed by atoms with E-state index in [1.54, 1.807) is 19.2 Å². The van der Waals surface area contributed by atoms with Gasteiger partial charge in [-0.15, -0.1) is 0 Å². The molecule has 0 fully saturated rings. The number of halogens is 1. The van der Waals surface area contributed by atoms with Crippen molar-refractivity contribution in [3.63, 3.8) is 0 Å². The van der Waals surface area contributed by atoms with Gasteiger partial charge in [0, 0.05) is 0 Å². The minimum Gasteiger partial charge on any atom is -0.496 e. The van der Waals surface area contributed by atoms with Crippen LogP contribution in [-0.2, 0) is 11.2 Å². The molecule has 1 rings (SSSR count). The second-order valence-electron chi connectivity index (χ2n) is 2.54. The van der Waals surface area contributed by atoms with E-state index < -0.39 is 5.97 Å². The molecule has 4 heteroatoms. The molecular formula is C9H9IO3. The molecule has 0 bridgehead atoms. The van der Waals surface area contributed by atoms with E-state index >= 15 is 0 Å². The maximum Gasteiger partial charge on any atom is 0.307 e. The standard InChI is InChI=1S/C9H9IO3/c1-13-8-3-2-6(4-7(8)10)5-9(11)12/h2-4H,5H2,1H3,(H,11,12). The normalized spacial score (nSPS) is 9.69. The molecular weight excluding hydrogens is 283 g/mol. The molecule has 0 saturated carbocycles. The first kappa shape index (κ1) is 10.3. The molecule has 0 radical (unpaired) electrons. The highest BCUT2D eigenvalue weighted by atomic mass is 127. The number of methoxy groups -OCH3 is 1. The van der Waals surface area contributed by atoms with Crippen molar-refractivity contribution < 1.29 is 14.6 Å². The van der Waals surface area contributed by atoms with Gasteiger partial charge in [0.15, 0.2) is 0 Å². The second-order valence-corrected chi connectivity index (χ2v) is 3.70. The Hall–Kier alpha value is -0.780. The SMILES string of the molecule is COc1ccc(CC(=O)O)cc1I. The summed E-state index contributed by atoms with van der Waals surface area (Å²) >= 11 is 2.11. The molecule has 13 heavy (non-hydrogen) atoms. The number of rotatable bonds is 3. The van der Waals surface area contributed by atoms with Gasteiger partial charge in [-0.3, -0.25) is 4.79 Å². The van der Waals surface area contributed by atoms with Crippen LogP contribution < -0.4 is 4.74 Å². The third-order valence-corrected chi connectivity index (χ3v) is 2.41. The van der Waals surface area contributed by atoms with Gasteiger partial charge in [-0.1, -0.05) is 6.07 Å². The highest BCUT2D eigenvalue weighted by Crippen LogP contribution is 2.21. The Kier molecular flexibility index (Phi) is 3.53. The third kappa shape index (κ3) is 2.87. The Balaban J connectivity index is 2.89. The molecule has 0 aliphatic carbocycles. The van der Waals surface area contributed by atoms with Gasteiger partial charge < -0.3 is 9.84 Å². The van der Waals surface area contributed by atoms with E-state index in [1.165, 1.54) is 0 Å². The predicted octanol–water partition coefficient (Wildman–Crippen LogP) is 1.93. The maximum atomic E-state index is 10.4. The summed E-state index contributed by atoms with van der Waals surface area (Å²) in [6.45, 7) is 0. The number of aliphatic carboxylic acids is 1. The smallest absolute Gasteiger partial charge is 0.307 e. The van der Waals surface area contributed by atoms with Crippen molar-refractivity contribution in [1.82, 2.24) is 0 Å². The van der Waals surface area contributed by atoms with E-state index in [-0.39, 0.29) is 6.42 Å². The van der Waals surface area contributed by atoms with Crippen LogP contribution in [-0.4, -0.2) is 18.2 Å². The molecule has 0 aliphatic rings. The van der Waals surface area contributed by atoms with Crippen molar-refractivity contribution in [2.75, 3.05) is 7.11 Å². The van der Waals surface area contributed by atoms with E-state index in [9.17, 15) is 4.79 Å². The molecule has 3 nitrogen and oxygen atoms in total. The lowest BCUT2D eigenvalue weighted by atomic mass is 10.1. The maximum absolute atomic E-state index is 10.4.